The lowest BCUT2D eigenvalue weighted by molar-refractivity contribution is 0.601. The monoisotopic (exact) mass is 381 g/mol. The van der Waals surface area contributed by atoms with Crippen molar-refractivity contribution in [1.29, 1.82) is 0 Å². The van der Waals surface area contributed by atoms with Crippen LogP contribution in [0, 0.1) is 0 Å². The van der Waals surface area contributed by atoms with E-state index in [1.54, 1.807) is 6.07 Å². The molecule has 1 N–H and O–H groups in total. The van der Waals surface area contributed by atoms with Crippen molar-refractivity contribution in [3.8, 4) is 0 Å². The summed E-state index contributed by atoms with van der Waals surface area (Å²) >= 11 is 14.7. The minimum Gasteiger partial charge on any atom is -0.263 e. The van der Waals surface area contributed by atoms with Crippen molar-refractivity contribution in [1.82, 2.24) is 9.97 Å². The van der Waals surface area contributed by atoms with Crippen LogP contribution in [0.4, 0.5) is 5.82 Å². The van der Waals surface area contributed by atoms with E-state index < -0.39 is 10.0 Å². The van der Waals surface area contributed by atoms with E-state index in [1.165, 1.54) is 24.4 Å². The predicted molar refractivity (Wildman–Crippen MR) is 77.0 cm³/mol. The molecule has 9 heteroatoms. The first-order chi connectivity index (χ1) is 8.88. The fraction of sp³-hybridized carbons (Fsp3) is 0. The number of aromatic nitrogens is 2. The molecule has 1 aromatic heterocycles. The van der Waals surface area contributed by atoms with Gasteiger partial charge in [-0.15, -0.1) is 0 Å². The molecule has 0 unspecified atom stereocenters. The van der Waals surface area contributed by atoms with Crippen LogP contribution in [-0.2, 0) is 10.0 Å². The van der Waals surface area contributed by atoms with Gasteiger partial charge in [0.25, 0.3) is 10.0 Å². The van der Waals surface area contributed by atoms with Crippen molar-refractivity contribution in [2.75, 3.05) is 4.72 Å². The van der Waals surface area contributed by atoms with Gasteiger partial charge in [-0.2, -0.15) is 4.98 Å². The summed E-state index contributed by atoms with van der Waals surface area (Å²) < 4.78 is 27.2. The van der Waals surface area contributed by atoms with E-state index in [9.17, 15) is 8.42 Å². The van der Waals surface area contributed by atoms with E-state index in [4.69, 9.17) is 23.2 Å². The Morgan fingerprint density at radius 2 is 1.95 bits per heavy atom. The first kappa shape index (κ1) is 14.5. The highest BCUT2D eigenvalue weighted by molar-refractivity contribution is 9.10. The number of benzene rings is 1. The molecule has 1 heterocycles. The maximum Gasteiger partial charge on any atom is 0.264 e. The van der Waals surface area contributed by atoms with Gasteiger partial charge in [-0.05, 0) is 35.9 Å². The summed E-state index contributed by atoms with van der Waals surface area (Å²) in [7, 11) is -3.83. The molecular weight excluding hydrogens is 377 g/mol. The Hall–Kier alpha value is -0.890. The van der Waals surface area contributed by atoms with Gasteiger partial charge in [0.2, 0.25) is 5.28 Å². The molecule has 0 spiro atoms. The Labute approximate surface area is 128 Å². The molecule has 2 rings (SSSR count). The lowest BCUT2D eigenvalue weighted by Gasteiger charge is -2.08. The summed E-state index contributed by atoms with van der Waals surface area (Å²) in [5.74, 6) is 0.0685. The third kappa shape index (κ3) is 3.56. The van der Waals surface area contributed by atoms with Crippen LogP contribution in [-0.4, -0.2) is 18.4 Å². The molecule has 2 aromatic rings. The Balaban J connectivity index is 2.38. The van der Waals surface area contributed by atoms with Crippen molar-refractivity contribution in [3.63, 3.8) is 0 Å². The maximum absolute atomic E-state index is 12.1. The summed E-state index contributed by atoms with van der Waals surface area (Å²) in [6.07, 6.45) is 1.34. The average molecular weight is 383 g/mol. The van der Waals surface area contributed by atoms with Gasteiger partial charge in [0, 0.05) is 10.7 Å². The van der Waals surface area contributed by atoms with E-state index in [1.807, 2.05) is 0 Å². The van der Waals surface area contributed by atoms with Gasteiger partial charge in [-0.3, -0.25) is 4.72 Å². The second-order valence-corrected chi connectivity index (χ2v) is 6.70. The lowest BCUT2D eigenvalue weighted by Crippen LogP contribution is -2.14. The number of sulfonamides is 1. The normalized spacial score (nSPS) is 11.3. The van der Waals surface area contributed by atoms with E-state index in [2.05, 4.69) is 30.6 Å². The largest absolute Gasteiger partial charge is 0.264 e. The SMILES string of the molecule is O=S(=O)(Nc1ccnc(Cl)n1)c1ccc(Br)cc1Cl. The van der Waals surface area contributed by atoms with Crippen LogP contribution in [0.15, 0.2) is 39.8 Å². The standard InChI is InChI=1S/C10H6BrCl2N3O2S/c11-6-1-2-8(7(12)5-6)19(17,18)16-9-3-4-14-10(13)15-9/h1-5H,(H,14,15,16). The van der Waals surface area contributed by atoms with Crippen molar-refractivity contribution in [2.24, 2.45) is 0 Å². The molecule has 0 aliphatic carbocycles. The number of halogens is 3. The van der Waals surface area contributed by atoms with Crippen LogP contribution in [0.3, 0.4) is 0 Å². The predicted octanol–water partition coefficient (Wildman–Crippen LogP) is 3.35. The lowest BCUT2D eigenvalue weighted by atomic mass is 10.4. The summed E-state index contributed by atoms with van der Waals surface area (Å²) in [6.45, 7) is 0. The van der Waals surface area contributed by atoms with Crippen molar-refractivity contribution < 1.29 is 8.42 Å². The summed E-state index contributed by atoms with van der Waals surface area (Å²) in [5.41, 5.74) is 0. The maximum atomic E-state index is 12.1. The molecule has 5 nitrogen and oxygen atoms in total. The number of anilines is 1. The molecule has 0 radical (unpaired) electrons. The first-order valence-corrected chi connectivity index (χ1v) is 7.88. The Bertz CT molecular complexity index is 724. The van der Waals surface area contributed by atoms with Gasteiger partial charge in [0.15, 0.2) is 0 Å². The second-order valence-electron chi connectivity index (χ2n) is 3.39. The zero-order valence-electron chi connectivity index (χ0n) is 9.14. The molecule has 0 saturated heterocycles. The Morgan fingerprint density at radius 1 is 1.21 bits per heavy atom. The van der Waals surface area contributed by atoms with Crippen molar-refractivity contribution in [2.45, 2.75) is 4.90 Å². The van der Waals surface area contributed by atoms with Crippen LogP contribution in [0.1, 0.15) is 0 Å². The van der Waals surface area contributed by atoms with Gasteiger partial charge in [-0.1, -0.05) is 27.5 Å². The van der Waals surface area contributed by atoms with E-state index in [-0.39, 0.29) is 21.0 Å². The number of nitrogens with zero attached hydrogens (tertiary/aromatic N) is 2. The van der Waals surface area contributed by atoms with E-state index in [0.29, 0.717) is 4.47 Å². The van der Waals surface area contributed by atoms with Crippen LogP contribution < -0.4 is 4.72 Å². The van der Waals surface area contributed by atoms with Crippen LogP contribution in [0.2, 0.25) is 10.3 Å². The summed E-state index contributed by atoms with van der Waals surface area (Å²) in [4.78, 5) is 7.35. The molecule has 100 valence electrons. The minimum atomic E-state index is -3.83. The molecule has 0 fully saturated rings. The second kappa shape index (κ2) is 5.62. The first-order valence-electron chi connectivity index (χ1n) is 4.85. The summed E-state index contributed by atoms with van der Waals surface area (Å²) in [6, 6.07) is 5.84. The molecule has 0 atom stereocenters. The average Bonchev–Trinajstić information content (AvgIpc) is 2.27. The Kier molecular flexibility index (Phi) is 4.29. The Morgan fingerprint density at radius 3 is 2.58 bits per heavy atom. The third-order valence-corrected chi connectivity index (χ3v) is 4.56. The zero-order valence-corrected chi connectivity index (χ0v) is 13.1. The molecule has 0 bridgehead atoms. The fourth-order valence-corrected chi connectivity index (χ4v) is 3.46. The van der Waals surface area contributed by atoms with E-state index in [0.717, 1.165) is 0 Å². The quantitative estimate of drug-likeness (QED) is 0.826. The minimum absolute atomic E-state index is 0.0490. The van der Waals surface area contributed by atoms with Crippen molar-refractivity contribution >= 4 is 55.0 Å². The van der Waals surface area contributed by atoms with Crippen LogP contribution >= 0.6 is 39.1 Å². The highest BCUT2D eigenvalue weighted by Gasteiger charge is 2.18. The molecule has 0 aliphatic heterocycles. The van der Waals surface area contributed by atoms with Gasteiger partial charge in [-0.25, -0.2) is 13.4 Å². The number of nitrogens with one attached hydrogen (secondary N) is 1. The summed E-state index contributed by atoms with van der Waals surface area (Å²) in [5, 5.41) is 0.0455. The molecular formula is C10H6BrCl2N3O2S. The fourth-order valence-electron chi connectivity index (χ4n) is 1.28. The van der Waals surface area contributed by atoms with Gasteiger partial charge >= 0.3 is 0 Å². The zero-order chi connectivity index (χ0) is 14.0. The molecule has 0 amide bonds. The highest BCUT2D eigenvalue weighted by Crippen LogP contribution is 2.26. The van der Waals surface area contributed by atoms with Gasteiger partial charge in [0.05, 0.1) is 5.02 Å². The third-order valence-electron chi connectivity index (χ3n) is 2.05. The number of hydrogen-bond donors (Lipinski definition) is 1. The van der Waals surface area contributed by atoms with E-state index >= 15 is 0 Å². The smallest absolute Gasteiger partial charge is 0.263 e. The molecule has 19 heavy (non-hydrogen) atoms. The van der Waals surface area contributed by atoms with Crippen molar-refractivity contribution in [3.05, 3.63) is 45.2 Å². The van der Waals surface area contributed by atoms with Gasteiger partial charge < -0.3 is 0 Å². The molecule has 1 aromatic carbocycles. The number of hydrogen-bond acceptors (Lipinski definition) is 4. The topological polar surface area (TPSA) is 72.0 Å². The van der Waals surface area contributed by atoms with Gasteiger partial charge in [0.1, 0.15) is 10.7 Å². The molecule has 0 aliphatic rings. The number of rotatable bonds is 3. The highest BCUT2D eigenvalue weighted by atomic mass is 79.9. The van der Waals surface area contributed by atoms with Crippen LogP contribution in [0.5, 0.6) is 0 Å². The van der Waals surface area contributed by atoms with Crippen LogP contribution in [0.25, 0.3) is 0 Å². The molecule has 0 saturated carbocycles.